The van der Waals surface area contributed by atoms with Crippen molar-refractivity contribution in [2.75, 3.05) is 30.0 Å². The van der Waals surface area contributed by atoms with E-state index in [0.717, 1.165) is 16.7 Å². The Morgan fingerprint density at radius 3 is 2.19 bits per heavy atom. The monoisotopic (exact) mass is 648 g/mol. The maximum Gasteiger partial charge on any atom is 0.231 e. The van der Waals surface area contributed by atoms with Crippen LogP contribution < -0.4 is 10.2 Å². The molecule has 1 fully saturated rings. The number of aryl methyl sites for hydroxylation is 1. The number of imidazole rings is 1. The fraction of sp³-hybridized carbons (Fsp3) is 0.294. The third-order valence-corrected chi connectivity index (χ3v) is 8.54. The van der Waals surface area contributed by atoms with Crippen LogP contribution in [0.15, 0.2) is 97.3 Å². The number of aliphatic hydroxyl groups excluding tert-OH is 3. The van der Waals surface area contributed by atoms with Gasteiger partial charge in [-0.05, 0) is 28.3 Å². The molecule has 4 atom stereocenters. The van der Waals surface area contributed by atoms with Crippen LogP contribution in [0.3, 0.4) is 0 Å². The van der Waals surface area contributed by atoms with E-state index in [1.54, 1.807) is 16.5 Å². The molecular weight excluding hydrogens is 612 g/mol. The number of nitrogens with zero attached hydrogens (tertiary/aromatic N) is 9. The number of hydrogen-bond donors (Lipinski definition) is 4. The summed E-state index contributed by atoms with van der Waals surface area (Å²) in [5.41, 5.74) is 4.15. The van der Waals surface area contributed by atoms with Crippen molar-refractivity contribution >= 4 is 22.9 Å². The van der Waals surface area contributed by atoms with Gasteiger partial charge in [-0.3, -0.25) is 4.57 Å². The molecule has 4 N–H and O–H groups in total. The predicted molar refractivity (Wildman–Crippen MR) is 177 cm³/mol. The zero-order valence-electron chi connectivity index (χ0n) is 26.2. The summed E-state index contributed by atoms with van der Waals surface area (Å²) >= 11 is 0. The number of fused-ring (bicyclic) bond motifs is 1. The van der Waals surface area contributed by atoms with Crippen LogP contribution in [0.1, 0.15) is 40.8 Å². The second kappa shape index (κ2) is 13.8. The summed E-state index contributed by atoms with van der Waals surface area (Å²) in [6.07, 6.45) is -2.61. The zero-order valence-corrected chi connectivity index (χ0v) is 26.2. The van der Waals surface area contributed by atoms with Crippen LogP contribution >= 0.6 is 0 Å². The van der Waals surface area contributed by atoms with Crippen LogP contribution in [0.2, 0.25) is 0 Å². The van der Waals surface area contributed by atoms with Gasteiger partial charge in [-0.25, -0.2) is 4.98 Å². The maximum absolute atomic E-state index is 11.1. The fourth-order valence-electron chi connectivity index (χ4n) is 6.01. The van der Waals surface area contributed by atoms with Crippen molar-refractivity contribution in [3.05, 3.63) is 120 Å². The molecule has 0 amide bonds. The molecule has 48 heavy (non-hydrogen) atoms. The minimum absolute atomic E-state index is 0.00893. The highest BCUT2D eigenvalue weighted by atomic mass is 16.6. The van der Waals surface area contributed by atoms with E-state index in [1.807, 2.05) is 66.7 Å². The number of aliphatic hydroxyl groups is 3. The molecule has 0 aliphatic carbocycles. The van der Waals surface area contributed by atoms with Crippen LogP contribution in [0.4, 0.5) is 11.8 Å². The Morgan fingerprint density at radius 1 is 0.896 bits per heavy atom. The fourth-order valence-corrected chi connectivity index (χ4v) is 6.01. The first-order chi connectivity index (χ1) is 23.5. The maximum atomic E-state index is 11.1. The van der Waals surface area contributed by atoms with E-state index < -0.39 is 24.5 Å². The molecular formula is C34H36N10O4. The first-order valence-electron chi connectivity index (χ1n) is 15.7. The summed E-state index contributed by atoms with van der Waals surface area (Å²) in [5.74, 6) is 0.851. The van der Waals surface area contributed by atoms with Gasteiger partial charge in [0, 0.05) is 19.0 Å². The number of hydrogen-bond acceptors (Lipinski definition) is 12. The van der Waals surface area contributed by atoms with Crippen molar-refractivity contribution in [1.82, 2.24) is 39.7 Å². The zero-order chi connectivity index (χ0) is 33.0. The first-order valence-corrected chi connectivity index (χ1v) is 15.7. The Kier molecular flexibility index (Phi) is 9.03. The predicted octanol–water partition coefficient (Wildman–Crippen LogP) is 2.58. The summed E-state index contributed by atoms with van der Waals surface area (Å²) in [7, 11) is 1.60. The van der Waals surface area contributed by atoms with E-state index in [-0.39, 0.29) is 24.4 Å². The van der Waals surface area contributed by atoms with Crippen LogP contribution in [-0.4, -0.2) is 87.1 Å². The minimum atomic E-state index is -1.35. The van der Waals surface area contributed by atoms with Crippen molar-refractivity contribution < 1.29 is 20.1 Å². The van der Waals surface area contributed by atoms with E-state index in [0.29, 0.717) is 36.5 Å². The van der Waals surface area contributed by atoms with Gasteiger partial charge < -0.3 is 30.3 Å². The lowest BCUT2D eigenvalue weighted by Crippen LogP contribution is -2.30. The van der Waals surface area contributed by atoms with Gasteiger partial charge in [0.15, 0.2) is 29.3 Å². The van der Waals surface area contributed by atoms with Gasteiger partial charge in [0.05, 0.1) is 13.4 Å². The van der Waals surface area contributed by atoms with Crippen molar-refractivity contribution in [3.8, 4) is 0 Å². The van der Waals surface area contributed by atoms with E-state index in [9.17, 15) is 15.3 Å². The summed E-state index contributed by atoms with van der Waals surface area (Å²) in [6, 6.07) is 30.4. The van der Waals surface area contributed by atoms with E-state index in [4.69, 9.17) is 14.7 Å². The Balaban J connectivity index is 1.26. The van der Waals surface area contributed by atoms with Crippen LogP contribution in [0, 0.1) is 0 Å². The number of ether oxygens (including phenoxy) is 1. The van der Waals surface area contributed by atoms with Crippen molar-refractivity contribution in [1.29, 1.82) is 0 Å². The highest BCUT2D eigenvalue weighted by Gasteiger charge is 2.47. The molecule has 0 spiro atoms. The van der Waals surface area contributed by atoms with E-state index in [2.05, 4.69) is 50.0 Å². The molecule has 14 nitrogen and oxygen atoms in total. The Hall–Kier alpha value is -5.28. The topological polar surface area (TPSA) is 172 Å². The molecule has 0 bridgehead atoms. The normalized spacial score (nSPS) is 19.3. The van der Waals surface area contributed by atoms with Crippen molar-refractivity contribution in [3.63, 3.8) is 0 Å². The lowest BCUT2D eigenvalue weighted by atomic mass is 9.91. The van der Waals surface area contributed by atoms with Crippen molar-refractivity contribution in [2.45, 2.75) is 36.9 Å². The standard InChI is InChI=1S/C34H36N10O4/c1-42-40-31(39-41-42)29-27(46)28(47)33(48-29)44-20-36-26-30(35-19-25(23-13-7-3-8-14-23)24-15-9-4-10-16-24)37-34(38-32(26)44)43(21-45)18-17-22-11-5-2-6-12-22/h2-16,20,25,27-29,33,45-47H,17-19,21H2,1H3,(H,35,37,38)/t27-,28+,29-,33+/m0/s1. The molecule has 0 unspecified atom stereocenters. The molecule has 14 heteroatoms. The SMILES string of the molecule is Cn1nnc([C@H]2O[C@@H](n3cnc4c(NCC(c5ccccc5)c5ccccc5)nc(N(CO)CCc5ccccc5)nc43)[C@H](O)[C@@H]2O)n1. The number of anilines is 2. The molecule has 1 aliphatic rings. The largest absolute Gasteiger partial charge is 0.387 e. The van der Waals surface area contributed by atoms with Crippen LogP contribution in [0.5, 0.6) is 0 Å². The number of benzene rings is 3. The highest BCUT2D eigenvalue weighted by molar-refractivity contribution is 5.84. The lowest BCUT2D eigenvalue weighted by molar-refractivity contribution is -0.0384. The highest BCUT2D eigenvalue weighted by Crippen LogP contribution is 2.39. The third-order valence-electron chi connectivity index (χ3n) is 8.54. The van der Waals surface area contributed by atoms with Gasteiger partial charge in [-0.1, -0.05) is 91.0 Å². The summed E-state index contributed by atoms with van der Waals surface area (Å²) in [4.78, 5) is 17.3. The second-order valence-electron chi connectivity index (χ2n) is 11.7. The molecule has 4 heterocycles. The molecule has 0 saturated carbocycles. The van der Waals surface area contributed by atoms with E-state index in [1.165, 1.54) is 11.1 Å². The number of nitrogens with one attached hydrogen (secondary N) is 1. The molecule has 0 radical (unpaired) electrons. The van der Waals surface area contributed by atoms with Gasteiger partial charge in [0.1, 0.15) is 18.9 Å². The van der Waals surface area contributed by atoms with Gasteiger partial charge in [-0.2, -0.15) is 14.8 Å². The Labute approximate surface area is 276 Å². The molecule has 1 aliphatic heterocycles. The number of rotatable bonds is 12. The summed E-state index contributed by atoms with van der Waals surface area (Å²) in [5, 5.41) is 48.0. The van der Waals surface area contributed by atoms with E-state index >= 15 is 0 Å². The van der Waals surface area contributed by atoms with Gasteiger partial charge in [0.2, 0.25) is 11.8 Å². The molecule has 1 saturated heterocycles. The average Bonchev–Trinajstić information content (AvgIpc) is 3.83. The lowest BCUT2D eigenvalue weighted by Gasteiger charge is -2.23. The smallest absolute Gasteiger partial charge is 0.231 e. The number of aromatic nitrogens is 8. The molecule has 3 aromatic carbocycles. The summed E-state index contributed by atoms with van der Waals surface area (Å²) in [6.45, 7) is 0.597. The Morgan fingerprint density at radius 2 is 1.56 bits per heavy atom. The molecule has 3 aromatic heterocycles. The minimum Gasteiger partial charge on any atom is -0.387 e. The molecule has 7 rings (SSSR count). The van der Waals surface area contributed by atoms with Gasteiger partial charge in [0.25, 0.3) is 0 Å². The first kappa shape index (κ1) is 31.3. The third kappa shape index (κ3) is 6.33. The quantitative estimate of drug-likeness (QED) is 0.143. The Bertz CT molecular complexity index is 1900. The molecule has 246 valence electrons. The molecule has 6 aromatic rings. The van der Waals surface area contributed by atoms with Gasteiger partial charge >= 0.3 is 0 Å². The van der Waals surface area contributed by atoms with Crippen LogP contribution in [-0.2, 0) is 18.2 Å². The van der Waals surface area contributed by atoms with Gasteiger partial charge in [-0.15, -0.1) is 10.2 Å². The van der Waals surface area contributed by atoms with Crippen LogP contribution in [0.25, 0.3) is 11.2 Å². The second-order valence-corrected chi connectivity index (χ2v) is 11.7. The van der Waals surface area contributed by atoms with Crippen molar-refractivity contribution in [2.24, 2.45) is 7.05 Å². The number of tetrazole rings is 1. The summed E-state index contributed by atoms with van der Waals surface area (Å²) < 4.78 is 7.69. The average molecular weight is 649 g/mol.